The van der Waals surface area contributed by atoms with Crippen LogP contribution in [0.5, 0.6) is 0 Å². The lowest BCUT2D eigenvalue weighted by Crippen LogP contribution is -2.33. The molecule has 16 heavy (non-hydrogen) atoms. The van der Waals surface area contributed by atoms with E-state index in [1.165, 1.54) is 37.6 Å². The Bertz CT molecular complexity index is 267. The molecular weight excluding hydrogens is 194 g/mol. The Balaban J connectivity index is 1.44. The Kier molecular flexibility index (Phi) is 2.16. The molecule has 1 N–H and O–H groups in total. The van der Waals surface area contributed by atoms with E-state index in [2.05, 4.69) is 12.2 Å². The van der Waals surface area contributed by atoms with E-state index in [0.29, 0.717) is 0 Å². The summed E-state index contributed by atoms with van der Waals surface area (Å²) in [4.78, 5) is 0. The van der Waals surface area contributed by atoms with Crippen molar-refractivity contribution in [2.75, 3.05) is 6.54 Å². The van der Waals surface area contributed by atoms with Gasteiger partial charge in [0.05, 0.1) is 0 Å². The molecule has 4 aliphatic carbocycles. The highest BCUT2D eigenvalue weighted by atomic mass is 14.9. The maximum Gasteiger partial charge on any atom is 0.0104 e. The summed E-state index contributed by atoms with van der Waals surface area (Å²) in [5, 5.41) is 3.81. The van der Waals surface area contributed by atoms with Gasteiger partial charge in [-0.3, -0.25) is 0 Å². The summed E-state index contributed by atoms with van der Waals surface area (Å²) < 4.78 is 0. The summed E-state index contributed by atoms with van der Waals surface area (Å²) in [7, 11) is 0. The van der Waals surface area contributed by atoms with Crippen molar-refractivity contribution in [3.05, 3.63) is 0 Å². The van der Waals surface area contributed by atoms with E-state index < -0.39 is 0 Å². The van der Waals surface area contributed by atoms with Gasteiger partial charge in [-0.2, -0.15) is 0 Å². The van der Waals surface area contributed by atoms with Crippen molar-refractivity contribution >= 4 is 0 Å². The van der Waals surface area contributed by atoms with Crippen LogP contribution >= 0.6 is 0 Å². The quantitative estimate of drug-likeness (QED) is 0.749. The van der Waals surface area contributed by atoms with Crippen molar-refractivity contribution in [1.29, 1.82) is 0 Å². The van der Waals surface area contributed by atoms with Gasteiger partial charge in [0, 0.05) is 6.04 Å². The van der Waals surface area contributed by atoms with E-state index in [1.54, 1.807) is 19.3 Å². The highest BCUT2D eigenvalue weighted by Gasteiger charge is 2.66. The second kappa shape index (κ2) is 3.48. The fraction of sp³-hybridized carbons (Fsp3) is 1.00. The van der Waals surface area contributed by atoms with Crippen LogP contribution in [0, 0.1) is 35.5 Å². The Hall–Kier alpha value is -0.0400. The van der Waals surface area contributed by atoms with E-state index in [4.69, 9.17) is 0 Å². The smallest absolute Gasteiger partial charge is 0.0104 e. The van der Waals surface area contributed by atoms with Gasteiger partial charge in [0.25, 0.3) is 0 Å². The molecule has 4 rings (SSSR count). The van der Waals surface area contributed by atoms with Gasteiger partial charge in [0.15, 0.2) is 0 Å². The standard InChI is InChI=1S/C15H25N/c1-2-16-12(7-9-3-4-9)15-13-10-5-6-11(8-10)14(13)15/h9-16H,2-8H2,1H3. The number of nitrogens with one attached hydrogen (secondary N) is 1. The zero-order chi connectivity index (χ0) is 10.7. The van der Waals surface area contributed by atoms with Crippen molar-refractivity contribution < 1.29 is 0 Å². The molecule has 5 atom stereocenters. The molecule has 0 aromatic heterocycles. The molecule has 0 amide bonds. The molecule has 2 bridgehead atoms. The molecule has 4 saturated carbocycles. The minimum atomic E-state index is 0.899. The zero-order valence-corrected chi connectivity index (χ0v) is 10.5. The summed E-state index contributed by atoms with van der Waals surface area (Å²) >= 11 is 0. The topological polar surface area (TPSA) is 12.0 Å². The van der Waals surface area contributed by atoms with Crippen LogP contribution in [0.4, 0.5) is 0 Å². The van der Waals surface area contributed by atoms with Crippen molar-refractivity contribution in [2.45, 2.75) is 51.5 Å². The van der Waals surface area contributed by atoms with Gasteiger partial charge in [-0.25, -0.2) is 0 Å². The lowest BCUT2D eigenvalue weighted by atomic mass is 9.94. The van der Waals surface area contributed by atoms with Gasteiger partial charge in [-0.1, -0.05) is 19.8 Å². The van der Waals surface area contributed by atoms with Gasteiger partial charge in [0.1, 0.15) is 0 Å². The summed E-state index contributed by atoms with van der Waals surface area (Å²) in [6, 6.07) is 0.899. The molecule has 0 saturated heterocycles. The summed E-state index contributed by atoms with van der Waals surface area (Å²) in [5.41, 5.74) is 0. The zero-order valence-electron chi connectivity index (χ0n) is 10.5. The fourth-order valence-electron chi connectivity index (χ4n) is 5.28. The lowest BCUT2D eigenvalue weighted by molar-refractivity contribution is 0.342. The Morgan fingerprint density at radius 3 is 2.31 bits per heavy atom. The van der Waals surface area contributed by atoms with Crippen molar-refractivity contribution in [1.82, 2.24) is 5.32 Å². The van der Waals surface area contributed by atoms with E-state index in [0.717, 1.165) is 29.7 Å². The Morgan fingerprint density at radius 1 is 1.06 bits per heavy atom. The molecular formula is C15H25N. The second-order valence-electron chi connectivity index (χ2n) is 6.91. The third-order valence-electron chi connectivity index (χ3n) is 6.01. The Labute approximate surface area is 99.4 Å². The third-order valence-corrected chi connectivity index (χ3v) is 6.01. The molecule has 0 heterocycles. The summed E-state index contributed by atoms with van der Waals surface area (Å²) in [5.74, 6) is 6.85. The van der Waals surface area contributed by atoms with Gasteiger partial charge < -0.3 is 5.32 Å². The molecule has 1 heteroatoms. The first-order chi connectivity index (χ1) is 7.88. The number of hydrogen-bond acceptors (Lipinski definition) is 1. The van der Waals surface area contributed by atoms with E-state index in [-0.39, 0.29) is 0 Å². The molecule has 0 radical (unpaired) electrons. The fourth-order valence-corrected chi connectivity index (χ4v) is 5.28. The first kappa shape index (κ1) is 9.94. The molecule has 0 aromatic carbocycles. The van der Waals surface area contributed by atoms with Crippen molar-refractivity contribution in [3.63, 3.8) is 0 Å². The highest BCUT2D eigenvalue weighted by molar-refractivity contribution is 5.16. The van der Waals surface area contributed by atoms with Crippen LogP contribution in [-0.2, 0) is 0 Å². The van der Waals surface area contributed by atoms with E-state index in [9.17, 15) is 0 Å². The van der Waals surface area contributed by atoms with Gasteiger partial charge in [-0.15, -0.1) is 0 Å². The number of hydrogen-bond donors (Lipinski definition) is 1. The van der Waals surface area contributed by atoms with Crippen LogP contribution in [0.3, 0.4) is 0 Å². The van der Waals surface area contributed by atoms with Crippen LogP contribution in [0.1, 0.15) is 45.4 Å². The monoisotopic (exact) mass is 219 g/mol. The SMILES string of the molecule is CCNC(CC1CC1)C1C2C3CCC(C3)C21. The van der Waals surface area contributed by atoms with Gasteiger partial charge in [-0.05, 0) is 67.7 Å². The van der Waals surface area contributed by atoms with Crippen LogP contribution in [0.25, 0.3) is 0 Å². The van der Waals surface area contributed by atoms with E-state index in [1.807, 2.05) is 0 Å². The number of rotatable bonds is 5. The van der Waals surface area contributed by atoms with Crippen molar-refractivity contribution in [3.8, 4) is 0 Å². The van der Waals surface area contributed by atoms with Crippen LogP contribution in [0.15, 0.2) is 0 Å². The maximum atomic E-state index is 3.81. The molecule has 90 valence electrons. The lowest BCUT2D eigenvalue weighted by Gasteiger charge is -2.21. The molecule has 0 aliphatic heterocycles. The minimum Gasteiger partial charge on any atom is -0.314 e. The molecule has 0 aromatic rings. The first-order valence-electron chi connectivity index (χ1n) is 7.62. The van der Waals surface area contributed by atoms with Crippen LogP contribution in [0.2, 0.25) is 0 Å². The van der Waals surface area contributed by atoms with Gasteiger partial charge in [0.2, 0.25) is 0 Å². The van der Waals surface area contributed by atoms with Crippen LogP contribution < -0.4 is 5.32 Å². The second-order valence-corrected chi connectivity index (χ2v) is 6.91. The average molecular weight is 219 g/mol. The van der Waals surface area contributed by atoms with Crippen molar-refractivity contribution in [2.24, 2.45) is 35.5 Å². The average Bonchev–Trinajstić information content (AvgIpc) is 3.17. The summed E-state index contributed by atoms with van der Waals surface area (Å²) in [6.45, 7) is 3.47. The minimum absolute atomic E-state index is 0.899. The molecule has 0 spiro atoms. The van der Waals surface area contributed by atoms with E-state index >= 15 is 0 Å². The predicted molar refractivity (Wildman–Crippen MR) is 66.1 cm³/mol. The summed E-state index contributed by atoms with van der Waals surface area (Å²) in [6.07, 6.45) is 9.31. The van der Waals surface area contributed by atoms with Crippen LogP contribution in [-0.4, -0.2) is 12.6 Å². The molecule has 5 unspecified atom stereocenters. The highest BCUT2D eigenvalue weighted by Crippen LogP contribution is 2.70. The largest absolute Gasteiger partial charge is 0.314 e. The maximum absolute atomic E-state index is 3.81. The molecule has 4 aliphatic rings. The Morgan fingerprint density at radius 2 is 1.75 bits per heavy atom. The van der Waals surface area contributed by atoms with Gasteiger partial charge >= 0.3 is 0 Å². The first-order valence-corrected chi connectivity index (χ1v) is 7.62. The predicted octanol–water partition coefficient (Wildman–Crippen LogP) is 3.06. The normalized spacial score (nSPS) is 50.4. The molecule has 4 fully saturated rings. The number of fused-ring (bicyclic) bond motifs is 5. The molecule has 1 nitrogen and oxygen atoms in total. The third kappa shape index (κ3) is 1.40.